The minimum absolute atomic E-state index is 0.166. The predicted octanol–water partition coefficient (Wildman–Crippen LogP) is 1.75. The number of carbonyl (C=O) groups is 2. The summed E-state index contributed by atoms with van der Waals surface area (Å²) < 4.78 is 32.1. The maximum absolute atomic E-state index is 12.8. The van der Waals surface area contributed by atoms with Gasteiger partial charge in [0.15, 0.2) is 0 Å². The van der Waals surface area contributed by atoms with Gasteiger partial charge < -0.3 is 15.1 Å². The van der Waals surface area contributed by atoms with E-state index in [4.69, 9.17) is 4.42 Å². The van der Waals surface area contributed by atoms with E-state index >= 15 is 0 Å². The number of rotatable bonds is 7. The van der Waals surface area contributed by atoms with Crippen molar-refractivity contribution < 1.29 is 22.4 Å². The molecule has 0 spiro atoms. The second kappa shape index (κ2) is 9.23. The zero-order valence-electron chi connectivity index (χ0n) is 16.3. The second-order valence-electron chi connectivity index (χ2n) is 7.17. The number of benzene rings is 1. The van der Waals surface area contributed by atoms with Crippen LogP contribution in [0.1, 0.15) is 35.9 Å². The van der Waals surface area contributed by atoms with Gasteiger partial charge in [-0.15, -0.1) is 0 Å². The van der Waals surface area contributed by atoms with Gasteiger partial charge in [-0.05, 0) is 55.2 Å². The zero-order chi connectivity index (χ0) is 20.9. The van der Waals surface area contributed by atoms with Crippen LogP contribution in [0.5, 0.6) is 0 Å². The van der Waals surface area contributed by atoms with Gasteiger partial charge in [-0.25, -0.2) is 8.42 Å². The van der Waals surface area contributed by atoms with Gasteiger partial charge in [0, 0.05) is 18.7 Å². The van der Waals surface area contributed by atoms with E-state index in [1.807, 2.05) is 6.92 Å². The molecule has 2 amide bonds. The fraction of sp³-hybridized carbons (Fsp3) is 0.400. The normalized spacial score (nSPS) is 17.6. The maximum atomic E-state index is 12.8. The van der Waals surface area contributed by atoms with Gasteiger partial charge in [-0.3, -0.25) is 9.59 Å². The minimum atomic E-state index is -3.56. The Hall–Kier alpha value is -2.65. The van der Waals surface area contributed by atoms with Crippen LogP contribution in [0.3, 0.4) is 0 Å². The van der Waals surface area contributed by atoms with Crippen LogP contribution in [0, 0.1) is 5.92 Å². The van der Waals surface area contributed by atoms with Crippen LogP contribution in [-0.2, 0) is 21.4 Å². The van der Waals surface area contributed by atoms with E-state index < -0.39 is 15.9 Å². The molecule has 9 heteroatoms. The Morgan fingerprint density at radius 2 is 1.93 bits per heavy atom. The molecule has 1 aromatic heterocycles. The highest BCUT2D eigenvalue weighted by Gasteiger charge is 2.28. The summed E-state index contributed by atoms with van der Waals surface area (Å²) in [6.45, 7) is 3.12. The molecule has 1 saturated heterocycles. The van der Waals surface area contributed by atoms with Crippen molar-refractivity contribution in [3.05, 3.63) is 54.0 Å². The highest BCUT2D eigenvalue weighted by molar-refractivity contribution is 7.89. The maximum Gasteiger partial charge on any atom is 0.251 e. The Morgan fingerprint density at radius 3 is 2.59 bits per heavy atom. The largest absolute Gasteiger partial charge is 0.467 e. The molecule has 0 unspecified atom stereocenters. The van der Waals surface area contributed by atoms with Gasteiger partial charge in [0.2, 0.25) is 15.9 Å². The van der Waals surface area contributed by atoms with Crippen LogP contribution in [0.25, 0.3) is 0 Å². The molecule has 0 saturated carbocycles. The third kappa shape index (κ3) is 5.45. The Kier molecular flexibility index (Phi) is 6.71. The number of sulfonamides is 1. The molecule has 1 atom stereocenters. The smallest absolute Gasteiger partial charge is 0.251 e. The lowest BCUT2D eigenvalue weighted by molar-refractivity contribution is -0.120. The monoisotopic (exact) mass is 419 g/mol. The number of hydrogen-bond acceptors (Lipinski definition) is 5. The van der Waals surface area contributed by atoms with Gasteiger partial charge in [0.25, 0.3) is 5.91 Å². The lowest BCUT2D eigenvalue weighted by Crippen LogP contribution is -2.39. The summed E-state index contributed by atoms with van der Waals surface area (Å²) in [4.78, 5) is 24.2. The molecule has 2 N–H and O–H groups in total. The first-order chi connectivity index (χ1) is 13.9. The Bertz CT molecular complexity index is 939. The van der Waals surface area contributed by atoms with Crippen molar-refractivity contribution in [2.75, 3.05) is 19.6 Å². The molecule has 156 valence electrons. The molecular formula is C20H25N3O5S. The van der Waals surface area contributed by atoms with Crippen LogP contribution in [0.15, 0.2) is 52.0 Å². The first-order valence-electron chi connectivity index (χ1n) is 9.54. The van der Waals surface area contributed by atoms with Gasteiger partial charge >= 0.3 is 0 Å². The van der Waals surface area contributed by atoms with Gasteiger partial charge in [0.1, 0.15) is 5.76 Å². The quantitative estimate of drug-likeness (QED) is 0.711. The molecule has 1 aromatic carbocycles. The van der Waals surface area contributed by atoms with Crippen molar-refractivity contribution in [1.82, 2.24) is 14.9 Å². The average Bonchev–Trinajstić information content (AvgIpc) is 3.24. The molecule has 3 rings (SSSR count). The lowest BCUT2D eigenvalue weighted by Gasteiger charge is -2.30. The number of amides is 2. The molecule has 1 aliphatic heterocycles. The van der Waals surface area contributed by atoms with Crippen LogP contribution in [0.2, 0.25) is 0 Å². The van der Waals surface area contributed by atoms with E-state index in [1.165, 1.54) is 34.8 Å². The van der Waals surface area contributed by atoms with E-state index in [0.29, 0.717) is 24.8 Å². The fourth-order valence-electron chi connectivity index (χ4n) is 3.22. The average molecular weight is 420 g/mol. The van der Waals surface area contributed by atoms with E-state index in [1.54, 1.807) is 12.1 Å². The number of nitrogens with zero attached hydrogens (tertiary/aromatic N) is 1. The third-order valence-corrected chi connectivity index (χ3v) is 6.70. The zero-order valence-corrected chi connectivity index (χ0v) is 17.1. The van der Waals surface area contributed by atoms with Crippen LogP contribution < -0.4 is 10.6 Å². The summed E-state index contributed by atoms with van der Waals surface area (Å²) >= 11 is 0. The van der Waals surface area contributed by atoms with Crippen molar-refractivity contribution in [3.63, 3.8) is 0 Å². The SMILES string of the molecule is C[C@H]1CCCN(S(=O)(=O)c2ccc(C(=O)NCC(=O)NCc3ccco3)cc2)C1. The van der Waals surface area contributed by atoms with E-state index in [-0.39, 0.29) is 29.5 Å². The fourth-order valence-corrected chi connectivity index (χ4v) is 4.81. The molecule has 2 heterocycles. The molecule has 8 nitrogen and oxygen atoms in total. The molecule has 1 aliphatic rings. The Morgan fingerprint density at radius 1 is 1.17 bits per heavy atom. The number of carbonyl (C=O) groups excluding carboxylic acids is 2. The summed E-state index contributed by atoms with van der Waals surface area (Å²) in [5, 5.41) is 5.14. The molecule has 29 heavy (non-hydrogen) atoms. The summed E-state index contributed by atoms with van der Waals surface area (Å²) in [7, 11) is -3.56. The van der Waals surface area contributed by atoms with Crippen molar-refractivity contribution in [1.29, 1.82) is 0 Å². The minimum Gasteiger partial charge on any atom is -0.467 e. The standard InChI is InChI=1S/C20H25N3O5S/c1-15-4-2-10-23(14-15)29(26,27)18-8-6-16(7-9-18)20(25)22-13-19(24)21-12-17-5-3-11-28-17/h3,5-9,11,15H,2,4,10,12-14H2,1H3,(H,21,24)(H,22,25)/t15-/m0/s1. The first kappa shape index (κ1) is 21.1. The van der Waals surface area contributed by atoms with Crippen molar-refractivity contribution in [2.24, 2.45) is 5.92 Å². The summed E-state index contributed by atoms with van der Waals surface area (Å²) in [6.07, 6.45) is 3.39. The number of hydrogen-bond donors (Lipinski definition) is 2. The highest BCUT2D eigenvalue weighted by atomic mass is 32.2. The van der Waals surface area contributed by atoms with Crippen LogP contribution in [0.4, 0.5) is 0 Å². The first-order valence-corrected chi connectivity index (χ1v) is 11.0. The Labute approximate surface area is 170 Å². The van der Waals surface area contributed by atoms with Crippen molar-refractivity contribution >= 4 is 21.8 Å². The number of furan rings is 1. The number of piperidine rings is 1. The van der Waals surface area contributed by atoms with Crippen molar-refractivity contribution in [2.45, 2.75) is 31.2 Å². The van der Waals surface area contributed by atoms with Gasteiger partial charge in [0.05, 0.1) is 24.2 Å². The third-order valence-electron chi connectivity index (χ3n) is 4.82. The molecule has 0 bridgehead atoms. The van der Waals surface area contributed by atoms with Crippen molar-refractivity contribution in [3.8, 4) is 0 Å². The van der Waals surface area contributed by atoms with E-state index in [9.17, 15) is 18.0 Å². The van der Waals surface area contributed by atoms with E-state index in [2.05, 4.69) is 10.6 Å². The Balaban J connectivity index is 1.53. The molecule has 0 aliphatic carbocycles. The molecule has 1 fully saturated rings. The molecule has 2 aromatic rings. The van der Waals surface area contributed by atoms with Gasteiger partial charge in [-0.2, -0.15) is 4.31 Å². The molecule has 0 radical (unpaired) electrons. The van der Waals surface area contributed by atoms with E-state index in [0.717, 1.165) is 12.8 Å². The topological polar surface area (TPSA) is 109 Å². The predicted molar refractivity (Wildman–Crippen MR) is 106 cm³/mol. The summed E-state index contributed by atoms with van der Waals surface area (Å²) in [6, 6.07) is 9.23. The second-order valence-corrected chi connectivity index (χ2v) is 9.11. The summed E-state index contributed by atoms with van der Waals surface area (Å²) in [5.74, 6) is 0.147. The summed E-state index contributed by atoms with van der Waals surface area (Å²) in [5.41, 5.74) is 0.287. The molecular weight excluding hydrogens is 394 g/mol. The number of nitrogens with one attached hydrogen (secondary N) is 2. The van der Waals surface area contributed by atoms with Crippen LogP contribution in [-0.4, -0.2) is 44.2 Å². The van der Waals surface area contributed by atoms with Crippen LogP contribution >= 0.6 is 0 Å². The van der Waals surface area contributed by atoms with Gasteiger partial charge in [-0.1, -0.05) is 6.92 Å². The lowest BCUT2D eigenvalue weighted by atomic mass is 10.0. The highest BCUT2D eigenvalue weighted by Crippen LogP contribution is 2.23.